The number of carbonyl (C=O) groups is 1. The SMILES string of the molecule is CCOCC(=O)N1CCC2(CC1)CO[C@@H](COCC1CC1)C2. The molecule has 126 valence electrons. The Hall–Kier alpha value is -0.650. The maximum Gasteiger partial charge on any atom is 0.248 e. The quantitative estimate of drug-likeness (QED) is 0.720. The van der Waals surface area contributed by atoms with E-state index in [9.17, 15) is 4.79 Å². The van der Waals surface area contributed by atoms with Crippen LogP contribution in [0, 0.1) is 11.3 Å². The van der Waals surface area contributed by atoms with E-state index in [1.807, 2.05) is 11.8 Å². The van der Waals surface area contributed by atoms with Gasteiger partial charge in [0.1, 0.15) is 6.61 Å². The molecule has 1 spiro atoms. The van der Waals surface area contributed by atoms with E-state index >= 15 is 0 Å². The molecule has 22 heavy (non-hydrogen) atoms. The number of ether oxygens (including phenoxy) is 3. The summed E-state index contributed by atoms with van der Waals surface area (Å²) < 4.78 is 16.9. The van der Waals surface area contributed by atoms with Crippen molar-refractivity contribution >= 4 is 5.91 Å². The van der Waals surface area contributed by atoms with E-state index in [-0.39, 0.29) is 24.0 Å². The van der Waals surface area contributed by atoms with Crippen molar-refractivity contribution in [2.75, 3.05) is 46.1 Å². The number of amides is 1. The molecule has 1 aliphatic carbocycles. The summed E-state index contributed by atoms with van der Waals surface area (Å²) in [5, 5.41) is 0. The molecule has 1 atom stereocenters. The molecule has 1 saturated carbocycles. The molecule has 5 heteroatoms. The van der Waals surface area contributed by atoms with E-state index in [1.165, 1.54) is 12.8 Å². The minimum atomic E-state index is 0.125. The molecule has 1 amide bonds. The molecule has 0 aromatic rings. The standard InChI is InChI=1S/C17H29NO4/c1-2-20-12-16(19)18-7-5-17(6-8-18)9-15(22-13-17)11-21-10-14-3-4-14/h14-15H,2-13H2,1H3/t15-/m1/s1. The first-order valence-corrected chi connectivity index (χ1v) is 8.76. The van der Waals surface area contributed by atoms with Crippen molar-refractivity contribution in [2.24, 2.45) is 11.3 Å². The van der Waals surface area contributed by atoms with Gasteiger partial charge in [0.05, 0.1) is 19.3 Å². The zero-order valence-corrected chi connectivity index (χ0v) is 13.7. The Morgan fingerprint density at radius 3 is 2.68 bits per heavy atom. The Labute approximate surface area is 133 Å². The summed E-state index contributed by atoms with van der Waals surface area (Å²) in [6, 6.07) is 0. The minimum Gasteiger partial charge on any atom is -0.378 e. The first-order valence-electron chi connectivity index (χ1n) is 8.76. The van der Waals surface area contributed by atoms with Gasteiger partial charge in [-0.2, -0.15) is 0 Å². The average Bonchev–Trinajstić information content (AvgIpc) is 3.28. The fraction of sp³-hybridized carbons (Fsp3) is 0.941. The van der Waals surface area contributed by atoms with Crippen molar-refractivity contribution in [3.05, 3.63) is 0 Å². The zero-order chi connectivity index (χ0) is 15.4. The molecular formula is C17H29NO4. The number of carbonyl (C=O) groups excluding carboxylic acids is 1. The van der Waals surface area contributed by atoms with E-state index in [4.69, 9.17) is 14.2 Å². The molecule has 3 aliphatic rings. The number of hydrogen-bond acceptors (Lipinski definition) is 4. The number of nitrogens with zero attached hydrogens (tertiary/aromatic N) is 1. The van der Waals surface area contributed by atoms with Crippen LogP contribution in [0.2, 0.25) is 0 Å². The summed E-state index contributed by atoms with van der Waals surface area (Å²) in [7, 11) is 0. The molecule has 3 fully saturated rings. The first-order chi connectivity index (χ1) is 10.7. The van der Waals surface area contributed by atoms with Crippen molar-refractivity contribution in [3.8, 4) is 0 Å². The molecule has 2 heterocycles. The molecule has 0 aromatic heterocycles. The summed E-state index contributed by atoms with van der Waals surface area (Å²) in [6.45, 7) is 6.89. The van der Waals surface area contributed by atoms with E-state index in [1.54, 1.807) is 0 Å². The lowest BCUT2D eigenvalue weighted by Gasteiger charge is -2.38. The van der Waals surface area contributed by atoms with Crippen LogP contribution >= 0.6 is 0 Å². The van der Waals surface area contributed by atoms with Crippen molar-refractivity contribution < 1.29 is 19.0 Å². The van der Waals surface area contributed by atoms with Gasteiger partial charge in [-0.15, -0.1) is 0 Å². The lowest BCUT2D eigenvalue weighted by Crippen LogP contribution is -2.45. The third-order valence-corrected chi connectivity index (χ3v) is 5.25. The van der Waals surface area contributed by atoms with Crippen LogP contribution in [0.25, 0.3) is 0 Å². The molecule has 0 aromatic carbocycles. The molecular weight excluding hydrogens is 282 g/mol. The molecule has 0 unspecified atom stereocenters. The fourth-order valence-electron chi connectivity index (χ4n) is 3.51. The maximum atomic E-state index is 12.0. The number of rotatable bonds is 7. The Bertz CT molecular complexity index is 375. The second kappa shape index (κ2) is 7.28. The highest BCUT2D eigenvalue weighted by Crippen LogP contribution is 2.42. The van der Waals surface area contributed by atoms with Gasteiger partial charge in [-0.05, 0) is 50.4 Å². The van der Waals surface area contributed by atoms with Gasteiger partial charge in [-0.3, -0.25) is 4.79 Å². The molecule has 2 aliphatic heterocycles. The summed E-state index contributed by atoms with van der Waals surface area (Å²) >= 11 is 0. The molecule has 2 saturated heterocycles. The Morgan fingerprint density at radius 1 is 1.23 bits per heavy atom. The Morgan fingerprint density at radius 2 is 2.00 bits per heavy atom. The zero-order valence-electron chi connectivity index (χ0n) is 13.7. The monoisotopic (exact) mass is 311 g/mol. The van der Waals surface area contributed by atoms with Gasteiger partial charge in [0.2, 0.25) is 5.91 Å². The van der Waals surface area contributed by atoms with Crippen LogP contribution in [-0.4, -0.2) is 63.0 Å². The molecule has 0 radical (unpaired) electrons. The summed E-state index contributed by atoms with van der Waals surface area (Å²) in [4.78, 5) is 13.9. The van der Waals surface area contributed by atoms with Crippen LogP contribution in [-0.2, 0) is 19.0 Å². The van der Waals surface area contributed by atoms with Gasteiger partial charge >= 0.3 is 0 Å². The van der Waals surface area contributed by atoms with Gasteiger partial charge in [0.25, 0.3) is 0 Å². The predicted octanol–water partition coefficient (Wildman–Crippen LogP) is 1.85. The Balaban J connectivity index is 1.37. The normalized spacial score (nSPS) is 27.5. The van der Waals surface area contributed by atoms with Crippen LogP contribution in [0.15, 0.2) is 0 Å². The summed E-state index contributed by atoms with van der Waals surface area (Å²) in [5.74, 6) is 0.940. The van der Waals surface area contributed by atoms with Crippen LogP contribution in [0.4, 0.5) is 0 Å². The van der Waals surface area contributed by atoms with Crippen LogP contribution in [0.5, 0.6) is 0 Å². The van der Waals surface area contributed by atoms with Crippen LogP contribution < -0.4 is 0 Å². The van der Waals surface area contributed by atoms with Crippen LogP contribution in [0.3, 0.4) is 0 Å². The maximum absolute atomic E-state index is 12.0. The van der Waals surface area contributed by atoms with Crippen molar-refractivity contribution in [2.45, 2.75) is 45.1 Å². The minimum absolute atomic E-state index is 0.125. The second-order valence-electron chi connectivity index (χ2n) is 7.14. The summed E-state index contributed by atoms with van der Waals surface area (Å²) in [5.41, 5.74) is 0.274. The molecule has 5 nitrogen and oxygen atoms in total. The van der Waals surface area contributed by atoms with E-state index in [0.29, 0.717) is 6.61 Å². The topological polar surface area (TPSA) is 48.0 Å². The largest absolute Gasteiger partial charge is 0.378 e. The van der Waals surface area contributed by atoms with Gasteiger partial charge in [0, 0.05) is 26.3 Å². The van der Waals surface area contributed by atoms with Crippen molar-refractivity contribution in [1.82, 2.24) is 4.90 Å². The third kappa shape index (κ3) is 4.21. The van der Waals surface area contributed by atoms with Gasteiger partial charge in [-0.25, -0.2) is 0 Å². The van der Waals surface area contributed by atoms with E-state index < -0.39 is 0 Å². The highest BCUT2D eigenvalue weighted by molar-refractivity contribution is 5.77. The number of hydrogen-bond donors (Lipinski definition) is 0. The highest BCUT2D eigenvalue weighted by Gasteiger charge is 2.43. The molecule has 0 N–H and O–H groups in total. The number of piperidine rings is 1. The van der Waals surface area contributed by atoms with E-state index in [0.717, 1.165) is 58.1 Å². The predicted molar refractivity (Wildman–Crippen MR) is 82.6 cm³/mol. The number of likely N-dealkylation sites (tertiary alicyclic amines) is 1. The van der Waals surface area contributed by atoms with Gasteiger partial charge in [-0.1, -0.05) is 0 Å². The van der Waals surface area contributed by atoms with Crippen molar-refractivity contribution in [1.29, 1.82) is 0 Å². The second-order valence-corrected chi connectivity index (χ2v) is 7.14. The lowest BCUT2D eigenvalue weighted by atomic mass is 9.76. The third-order valence-electron chi connectivity index (χ3n) is 5.25. The summed E-state index contributed by atoms with van der Waals surface area (Å²) in [6.07, 6.45) is 6.10. The molecule has 3 rings (SSSR count). The smallest absolute Gasteiger partial charge is 0.248 e. The molecule has 0 bridgehead atoms. The van der Waals surface area contributed by atoms with Crippen molar-refractivity contribution in [3.63, 3.8) is 0 Å². The Kier molecular flexibility index (Phi) is 5.37. The fourth-order valence-corrected chi connectivity index (χ4v) is 3.51. The highest BCUT2D eigenvalue weighted by atomic mass is 16.5. The van der Waals surface area contributed by atoms with E-state index in [2.05, 4.69) is 0 Å². The van der Waals surface area contributed by atoms with Gasteiger partial charge < -0.3 is 19.1 Å². The van der Waals surface area contributed by atoms with Crippen LogP contribution in [0.1, 0.15) is 39.0 Å². The lowest BCUT2D eigenvalue weighted by molar-refractivity contribution is -0.138. The van der Waals surface area contributed by atoms with Gasteiger partial charge in [0.15, 0.2) is 0 Å². The average molecular weight is 311 g/mol. The first kappa shape index (κ1) is 16.2.